The smallest absolute Gasteiger partial charge is 0.263 e. The Labute approximate surface area is 162 Å². The number of imidazole rings is 1. The molecule has 144 valence electrons. The zero-order valence-corrected chi connectivity index (χ0v) is 15.6. The second-order valence-corrected chi connectivity index (χ2v) is 7.95. The highest BCUT2D eigenvalue weighted by Gasteiger charge is 2.29. The van der Waals surface area contributed by atoms with Gasteiger partial charge < -0.3 is 14.9 Å². The number of carbonyl (C=O) groups excluding carboxylic acids is 1. The average molecular weight is 377 g/mol. The molecule has 0 spiro atoms. The van der Waals surface area contributed by atoms with E-state index in [4.69, 9.17) is 0 Å². The zero-order chi connectivity index (χ0) is 19.1. The molecule has 1 aromatic carbocycles. The number of nitrogens with one attached hydrogen (secondary N) is 2. The van der Waals surface area contributed by atoms with Gasteiger partial charge in [-0.2, -0.15) is 0 Å². The van der Waals surface area contributed by atoms with Crippen molar-refractivity contribution in [1.29, 1.82) is 0 Å². The van der Waals surface area contributed by atoms with Crippen molar-refractivity contribution in [1.82, 2.24) is 24.8 Å². The maximum atomic E-state index is 12.9. The monoisotopic (exact) mass is 377 g/mol. The summed E-state index contributed by atoms with van der Waals surface area (Å²) in [6.07, 6.45) is 6.36. The second-order valence-electron chi connectivity index (χ2n) is 7.95. The molecule has 7 nitrogen and oxygen atoms in total. The maximum absolute atomic E-state index is 12.9. The third-order valence-electron chi connectivity index (χ3n) is 5.74. The van der Waals surface area contributed by atoms with Crippen LogP contribution in [0.15, 0.2) is 35.3 Å². The number of para-hydroxylation sites is 2. The fraction of sp³-hybridized carbons (Fsp3) is 0.429. The molecule has 0 bridgehead atoms. The number of benzene rings is 1. The van der Waals surface area contributed by atoms with Crippen LogP contribution >= 0.6 is 0 Å². The first kappa shape index (κ1) is 17.2. The van der Waals surface area contributed by atoms with Gasteiger partial charge in [0.15, 0.2) is 0 Å². The Morgan fingerprint density at radius 2 is 2.04 bits per heavy atom. The van der Waals surface area contributed by atoms with E-state index >= 15 is 0 Å². The molecule has 1 amide bonds. The van der Waals surface area contributed by atoms with E-state index in [1.807, 2.05) is 24.3 Å². The summed E-state index contributed by atoms with van der Waals surface area (Å²) in [6, 6.07) is 7.99. The van der Waals surface area contributed by atoms with Crippen molar-refractivity contribution in [2.45, 2.75) is 38.0 Å². The molecule has 3 heterocycles. The predicted octanol–water partition coefficient (Wildman–Crippen LogP) is 2.62. The van der Waals surface area contributed by atoms with Crippen molar-refractivity contribution in [2.24, 2.45) is 5.92 Å². The van der Waals surface area contributed by atoms with E-state index in [0.717, 1.165) is 49.0 Å². The van der Waals surface area contributed by atoms with Gasteiger partial charge in [0.1, 0.15) is 17.2 Å². The number of carbonyl (C=O) groups is 1. The largest absolute Gasteiger partial charge is 0.342 e. The molecule has 2 aromatic heterocycles. The topological polar surface area (TPSA) is 94.7 Å². The number of piperidine rings is 1. The number of rotatable bonds is 4. The van der Waals surface area contributed by atoms with Gasteiger partial charge in [-0.25, -0.2) is 9.97 Å². The molecule has 5 rings (SSSR count). The van der Waals surface area contributed by atoms with Gasteiger partial charge in [0.25, 0.3) is 11.5 Å². The highest BCUT2D eigenvalue weighted by molar-refractivity contribution is 5.93. The summed E-state index contributed by atoms with van der Waals surface area (Å²) in [5.74, 6) is 2.14. The van der Waals surface area contributed by atoms with Crippen LogP contribution in [0.4, 0.5) is 0 Å². The van der Waals surface area contributed by atoms with Crippen molar-refractivity contribution in [3.8, 4) is 0 Å². The van der Waals surface area contributed by atoms with E-state index in [1.54, 1.807) is 4.90 Å². The Morgan fingerprint density at radius 3 is 2.82 bits per heavy atom. The van der Waals surface area contributed by atoms with E-state index in [2.05, 4.69) is 19.9 Å². The van der Waals surface area contributed by atoms with E-state index in [-0.39, 0.29) is 17.0 Å². The summed E-state index contributed by atoms with van der Waals surface area (Å²) < 4.78 is 0. The summed E-state index contributed by atoms with van der Waals surface area (Å²) >= 11 is 0. The number of hydrogen-bond acceptors (Lipinski definition) is 4. The first-order valence-electron chi connectivity index (χ1n) is 9.99. The third-order valence-corrected chi connectivity index (χ3v) is 5.74. The van der Waals surface area contributed by atoms with Crippen molar-refractivity contribution >= 4 is 16.9 Å². The van der Waals surface area contributed by atoms with E-state index in [0.29, 0.717) is 30.7 Å². The Hall–Kier alpha value is -2.96. The number of nitrogens with zero attached hydrogens (tertiary/aromatic N) is 3. The predicted molar refractivity (Wildman–Crippen MR) is 105 cm³/mol. The lowest BCUT2D eigenvalue weighted by atomic mass is 9.94. The van der Waals surface area contributed by atoms with Gasteiger partial charge in [0.2, 0.25) is 0 Å². The van der Waals surface area contributed by atoms with Crippen molar-refractivity contribution in [3.05, 3.63) is 58.0 Å². The number of H-pyrrole nitrogens is 2. The molecule has 2 fully saturated rings. The lowest BCUT2D eigenvalue weighted by molar-refractivity contribution is 0.0670. The number of hydrogen-bond donors (Lipinski definition) is 2. The van der Waals surface area contributed by atoms with E-state index in [9.17, 15) is 9.59 Å². The third kappa shape index (κ3) is 3.32. The molecule has 3 aromatic rings. The first-order valence-corrected chi connectivity index (χ1v) is 9.99. The van der Waals surface area contributed by atoms with Crippen LogP contribution in [-0.4, -0.2) is 43.8 Å². The number of amides is 1. The minimum atomic E-state index is -0.318. The normalized spacial score (nSPS) is 19.9. The summed E-state index contributed by atoms with van der Waals surface area (Å²) in [5, 5.41) is 0. The van der Waals surface area contributed by atoms with Crippen LogP contribution in [0.5, 0.6) is 0 Å². The Morgan fingerprint density at radius 1 is 1.18 bits per heavy atom. The van der Waals surface area contributed by atoms with Crippen LogP contribution in [0.2, 0.25) is 0 Å². The molecule has 1 aliphatic heterocycles. The summed E-state index contributed by atoms with van der Waals surface area (Å²) in [5.41, 5.74) is 1.83. The average Bonchev–Trinajstić information content (AvgIpc) is 3.47. The molecule has 1 saturated heterocycles. The van der Waals surface area contributed by atoms with Gasteiger partial charge >= 0.3 is 0 Å². The molecule has 1 atom stereocenters. The van der Waals surface area contributed by atoms with Gasteiger partial charge in [0, 0.05) is 31.6 Å². The number of likely N-dealkylation sites (tertiary alicyclic amines) is 1. The maximum Gasteiger partial charge on any atom is 0.263 e. The van der Waals surface area contributed by atoms with Crippen LogP contribution in [0.25, 0.3) is 11.0 Å². The van der Waals surface area contributed by atoms with Gasteiger partial charge in [-0.05, 0) is 43.7 Å². The molecule has 28 heavy (non-hydrogen) atoms. The molecule has 2 aliphatic rings. The standard InChI is InChI=1S/C21H23N5O2/c27-20-15(11-22-19(25-20)14-7-8-14)21(28)26-9-3-4-13(12-26)10-18-23-16-5-1-2-6-17(16)24-18/h1-2,5-6,11,13-14H,3-4,7-10,12H2,(H,23,24)(H,22,25,27). The second kappa shape index (κ2) is 6.89. The molecule has 2 N–H and O–H groups in total. The Bertz CT molecular complexity index is 1050. The Balaban J connectivity index is 1.29. The number of aromatic amines is 2. The molecule has 1 unspecified atom stereocenters. The summed E-state index contributed by atoms with van der Waals surface area (Å²) in [6.45, 7) is 1.32. The summed E-state index contributed by atoms with van der Waals surface area (Å²) in [7, 11) is 0. The minimum Gasteiger partial charge on any atom is -0.342 e. The van der Waals surface area contributed by atoms with Crippen molar-refractivity contribution in [3.63, 3.8) is 0 Å². The molecular weight excluding hydrogens is 354 g/mol. The summed E-state index contributed by atoms with van der Waals surface area (Å²) in [4.78, 5) is 42.2. The molecule has 7 heteroatoms. The quantitative estimate of drug-likeness (QED) is 0.731. The molecule has 0 radical (unpaired) electrons. The first-order chi connectivity index (χ1) is 13.7. The zero-order valence-electron chi connectivity index (χ0n) is 15.6. The lowest BCUT2D eigenvalue weighted by Gasteiger charge is -2.32. The van der Waals surface area contributed by atoms with E-state index < -0.39 is 0 Å². The van der Waals surface area contributed by atoms with Crippen LogP contribution in [0, 0.1) is 5.92 Å². The van der Waals surface area contributed by atoms with Gasteiger partial charge in [-0.3, -0.25) is 9.59 Å². The number of aromatic nitrogens is 4. The number of fused-ring (bicyclic) bond motifs is 1. The van der Waals surface area contributed by atoms with Crippen molar-refractivity contribution in [2.75, 3.05) is 13.1 Å². The fourth-order valence-electron chi connectivity index (χ4n) is 4.09. The SMILES string of the molecule is O=C(c1cnc(C2CC2)[nH]c1=O)N1CCCC(Cc2nc3ccccc3[nH]2)C1. The van der Waals surface area contributed by atoms with E-state index in [1.165, 1.54) is 6.20 Å². The van der Waals surface area contributed by atoms with Crippen LogP contribution in [0.3, 0.4) is 0 Å². The van der Waals surface area contributed by atoms with Gasteiger partial charge in [0.05, 0.1) is 11.0 Å². The van der Waals surface area contributed by atoms with Gasteiger partial charge in [-0.15, -0.1) is 0 Å². The van der Waals surface area contributed by atoms with Crippen LogP contribution in [0.1, 0.15) is 53.6 Å². The van der Waals surface area contributed by atoms with Gasteiger partial charge in [-0.1, -0.05) is 12.1 Å². The van der Waals surface area contributed by atoms with Crippen LogP contribution in [-0.2, 0) is 6.42 Å². The highest BCUT2D eigenvalue weighted by Crippen LogP contribution is 2.37. The fourth-order valence-corrected chi connectivity index (χ4v) is 4.09. The molecular formula is C21H23N5O2. The Kier molecular flexibility index (Phi) is 4.22. The van der Waals surface area contributed by atoms with Crippen LogP contribution < -0.4 is 5.56 Å². The molecule has 1 aliphatic carbocycles. The lowest BCUT2D eigenvalue weighted by Crippen LogP contribution is -2.42. The molecule has 1 saturated carbocycles. The minimum absolute atomic E-state index is 0.147. The highest BCUT2D eigenvalue weighted by atomic mass is 16.2. The van der Waals surface area contributed by atoms with Crippen molar-refractivity contribution < 1.29 is 4.79 Å².